The molecule has 0 aliphatic heterocycles. The molecule has 0 saturated heterocycles. The van der Waals surface area contributed by atoms with Gasteiger partial charge in [0, 0.05) is 0 Å². The van der Waals surface area contributed by atoms with Crippen LogP contribution in [-0.2, 0) is 17.1 Å². The number of hydrogen-bond donors (Lipinski definition) is 0. The van der Waals surface area contributed by atoms with Crippen molar-refractivity contribution in [1.82, 2.24) is 0 Å². The molecule has 6 rings (SSSR count). The zero-order valence-electron chi connectivity index (χ0n) is 33.5. The van der Waals surface area contributed by atoms with Crippen LogP contribution in [0.3, 0.4) is 0 Å². The fourth-order valence-electron chi connectivity index (χ4n) is 11.0. The van der Waals surface area contributed by atoms with Gasteiger partial charge in [-0.15, -0.1) is 0 Å². The van der Waals surface area contributed by atoms with Crippen molar-refractivity contribution in [3.05, 3.63) is 119 Å². The normalized spacial score (nSPS) is 18.0. The van der Waals surface area contributed by atoms with E-state index in [1.54, 1.807) is 11.1 Å². The molecule has 0 bridgehead atoms. The molecule has 2 atom stereocenters. The van der Waals surface area contributed by atoms with Crippen LogP contribution in [0.5, 0.6) is 0 Å². The van der Waals surface area contributed by atoms with Gasteiger partial charge in [-0.3, -0.25) is 0 Å². The van der Waals surface area contributed by atoms with Crippen LogP contribution in [0, 0.1) is 0 Å². The van der Waals surface area contributed by atoms with Crippen LogP contribution in [-0.4, -0.2) is 21.6 Å². The van der Waals surface area contributed by atoms with Crippen LogP contribution in [0.2, 0.25) is 58.7 Å². The van der Waals surface area contributed by atoms with E-state index in [-0.39, 0.29) is 10.1 Å². The van der Waals surface area contributed by atoms with Gasteiger partial charge in [0.2, 0.25) is 0 Å². The third-order valence-electron chi connectivity index (χ3n) is 12.2. The first-order chi connectivity index (χ1) is 23.0. The van der Waals surface area contributed by atoms with Gasteiger partial charge in [0.15, 0.2) is 0 Å². The first-order valence-electron chi connectivity index (χ1n) is 18.9. The third kappa shape index (κ3) is 6.43. The van der Waals surface area contributed by atoms with Gasteiger partial charge in [-0.05, 0) is 0 Å². The SMILES string of the molecule is CC(C)(C)[Si](C(C)(C)C)=[Hf]([CH3])([CH3])([CH]1C=Cc2c(-c3ccc([Si](C)(C)C)cc3)cccc21)[CH]1C=Cc2c(-c3ccc([Si](C)(C)C)cc3)cccc21. The molecule has 4 aromatic rings. The van der Waals surface area contributed by atoms with E-state index in [0.29, 0.717) is 7.35 Å². The minimum absolute atomic E-state index is 0.254. The van der Waals surface area contributed by atoms with E-state index in [0.717, 1.165) is 0 Å². The second-order valence-corrected chi connectivity index (χ2v) is 75.9. The summed E-state index contributed by atoms with van der Waals surface area (Å²) in [5, 5.41) is 3.56. The third-order valence-corrected chi connectivity index (χ3v) is 76.5. The van der Waals surface area contributed by atoms with Gasteiger partial charge in [-0.1, -0.05) is 0 Å². The van der Waals surface area contributed by atoms with Crippen molar-refractivity contribution in [2.45, 2.75) is 108 Å². The zero-order chi connectivity index (χ0) is 36.7. The molecule has 2 unspecified atom stereocenters. The summed E-state index contributed by atoms with van der Waals surface area (Å²) in [4.78, 5) is 0. The topological polar surface area (TPSA) is 0 Å². The molecule has 0 amide bonds. The molecule has 0 heterocycles. The number of hydrogen-bond acceptors (Lipinski definition) is 0. The van der Waals surface area contributed by atoms with E-state index in [9.17, 15) is 0 Å². The van der Waals surface area contributed by atoms with E-state index >= 15 is 0 Å². The van der Waals surface area contributed by atoms with Crippen LogP contribution in [0.25, 0.3) is 34.4 Å². The van der Waals surface area contributed by atoms with Gasteiger partial charge >= 0.3 is 310 Å². The molecule has 0 radical (unpaired) electrons. The van der Waals surface area contributed by atoms with Crippen molar-refractivity contribution in [1.29, 1.82) is 0 Å². The van der Waals surface area contributed by atoms with E-state index in [1.165, 1.54) is 43.8 Å². The molecule has 4 heteroatoms. The van der Waals surface area contributed by atoms with Gasteiger partial charge in [-0.25, -0.2) is 0 Å². The molecule has 2 aliphatic rings. The summed E-state index contributed by atoms with van der Waals surface area (Å²) < 4.78 is 6.83. The summed E-state index contributed by atoms with van der Waals surface area (Å²) in [7, 11) is -2.72. The summed E-state index contributed by atoms with van der Waals surface area (Å²) in [6.07, 6.45) is 10.5. The molecule has 0 fully saturated rings. The first kappa shape index (κ1) is 37.6. The summed E-state index contributed by atoms with van der Waals surface area (Å²) in [5.74, 6) is 0. The fourth-order valence-corrected chi connectivity index (χ4v) is 97.8. The maximum absolute atomic E-state index is 4.18. The molecule has 0 N–H and O–H groups in total. The van der Waals surface area contributed by atoms with Crippen molar-refractivity contribution < 1.29 is 17.1 Å². The quantitative estimate of drug-likeness (QED) is 0.169. The Bertz CT molecular complexity index is 1930. The summed E-state index contributed by atoms with van der Waals surface area (Å²) in [5.41, 5.74) is 10.7. The van der Waals surface area contributed by atoms with E-state index in [4.69, 9.17) is 0 Å². The Morgan fingerprint density at radius 3 is 1.14 bits per heavy atom. The zero-order valence-corrected chi connectivity index (χ0v) is 40.1. The average molecular weight is 878 g/mol. The Labute approximate surface area is 308 Å². The molecule has 4 aromatic carbocycles. The monoisotopic (exact) mass is 878 g/mol. The van der Waals surface area contributed by atoms with Crippen molar-refractivity contribution in [3.8, 4) is 22.3 Å². The Kier molecular flexibility index (Phi) is 9.40. The number of rotatable bonds is 6. The van der Waals surface area contributed by atoms with Gasteiger partial charge in [0.25, 0.3) is 0 Å². The van der Waals surface area contributed by atoms with E-state index in [1.807, 2.05) is 0 Å². The van der Waals surface area contributed by atoms with Gasteiger partial charge < -0.3 is 0 Å². The first-order valence-corrected chi connectivity index (χ1v) is 44.2. The molecular weight excluding hydrogens is 815 g/mol. The molecule has 50 heavy (non-hydrogen) atoms. The Hall–Kier alpha value is -2.12. The molecular formula is C46H62HfSi3. The van der Waals surface area contributed by atoms with Crippen molar-refractivity contribution >= 4 is 44.2 Å². The molecule has 0 spiro atoms. The van der Waals surface area contributed by atoms with Gasteiger partial charge in [-0.2, -0.15) is 0 Å². The second kappa shape index (κ2) is 12.5. The van der Waals surface area contributed by atoms with Crippen LogP contribution < -0.4 is 10.4 Å². The molecule has 2 aliphatic carbocycles. The van der Waals surface area contributed by atoms with Crippen molar-refractivity contribution in [3.63, 3.8) is 0 Å². The standard InChI is InChI=1S/2C18H19Si.C8H18Si.2CH3.Hf/c2*1-19(2,3)16-12-10-15(11-13-16)18-9-5-7-14-6-4-8-17(14)18;1-7(2,3)9-8(4,5)6;;;/h2*4-13H,1-3H3;1-6H3;2*1H3;. The Morgan fingerprint density at radius 2 is 0.840 bits per heavy atom. The fraction of sp³-hybridized carbons (Fsp3) is 0.391. The Morgan fingerprint density at radius 1 is 0.500 bits per heavy atom. The minimum atomic E-state index is -4.18. The predicted octanol–water partition coefficient (Wildman–Crippen LogP) is 13.3. The number of allylic oxidation sites excluding steroid dienone is 2. The molecule has 0 nitrogen and oxygen atoms in total. The van der Waals surface area contributed by atoms with E-state index in [2.05, 4.69) is 199 Å². The maximum atomic E-state index is 2.92. The molecule has 0 aromatic heterocycles. The second-order valence-electron chi connectivity index (χ2n) is 20.4. The molecule has 262 valence electrons. The number of benzene rings is 4. The Balaban J connectivity index is 1.58. The van der Waals surface area contributed by atoms with Crippen molar-refractivity contribution in [2.24, 2.45) is 0 Å². The van der Waals surface area contributed by atoms with Crippen LogP contribution in [0.4, 0.5) is 0 Å². The average Bonchev–Trinajstić information content (AvgIpc) is 3.65. The summed E-state index contributed by atoms with van der Waals surface area (Å²) in [6, 6.07) is 33.6. The summed E-state index contributed by atoms with van der Waals surface area (Å²) >= 11 is -4.18. The van der Waals surface area contributed by atoms with Crippen LogP contribution >= 0.6 is 0 Å². The van der Waals surface area contributed by atoms with Gasteiger partial charge in [0.1, 0.15) is 0 Å². The van der Waals surface area contributed by atoms with Gasteiger partial charge in [0.05, 0.1) is 0 Å². The molecule has 0 saturated carbocycles. The summed E-state index contributed by atoms with van der Waals surface area (Å²) in [6.45, 7) is 30.2. The predicted molar refractivity (Wildman–Crippen MR) is 230 cm³/mol. The van der Waals surface area contributed by atoms with E-state index < -0.39 is 38.8 Å². The van der Waals surface area contributed by atoms with Crippen molar-refractivity contribution in [2.75, 3.05) is 0 Å². The van der Waals surface area contributed by atoms with Crippen LogP contribution in [0.1, 0.15) is 71.1 Å². The number of fused-ring (bicyclic) bond motifs is 2. The van der Waals surface area contributed by atoms with Crippen LogP contribution in [0.15, 0.2) is 97.1 Å².